The van der Waals surface area contributed by atoms with Crippen molar-refractivity contribution in [2.75, 3.05) is 0 Å². The van der Waals surface area contributed by atoms with Crippen molar-refractivity contribution in [2.24, 2.45) is 0 Å². The van der Waals surface area contributed by atoms with Crippen molar-refractivity contribution in [1.82, 2.24) is 0 Å². The lowest BCUT2D eigenvalue weighted by molar-refractivity contribution is 0.957. The first-order chi connectivity index (χ1) is 7.88. The molecule has 1 aliphatic carbocycles. The Bertz CT molecular complexity index is 437. The molecule has 16 heavy (non-hydrogen) atoms. The fraction of sp³-hybridized carbons (Fsp3) is 0.250. The Kier molecular flexibility index (Phi) is 3.09. The van der Waals surface area contributed by atoms with E-state index in [2.05, 4.69) is 55.5 Å². The van der Waals surface area contributed by atoms with E-state index < -0.39 is 0 Å². The van der Waals surface area contributed by atoms with Crippen LogP contribution < -0.4 is 0 Å². The number of rotatable bonds is 0. The van der Waals surface area contributed by atoms with Gasteiger partial charge in [-0.2, -0.15) is 0 Å². The van der Waals surface area contributed by atoms with Crippen LogP contribution in [0.1, 0.15) is 37.8 Å². The maximum absolute atomic E-state index is 2.28. The number of hydrogen-bond donors (Lipinski definition) is 0. The summed E-state index contributed by atoms with van der Waals surface area (Å²) in [4.78, 5) is 0. The minimum absolute atomic E-state index is 0.558. The van der Waals surface area contributed by atoms with E-state index in [4.69, 9.17) is 0 Å². The Morgan fingerprint density at radius 2 is 1.06 bits per heavy atom. The van der Waals surface area contributed by atoms with Crippen LogP contribution in [0, 0.1) is 0 Å². The largest absolute Gasteiger partial charge is 0.0683 e. The van der Waals surface area contributed by atoms with E-state index in [1.165, 1.54) is 22.3 Å². The predicted octanol–water partition coefficient (Wildman–Crippen LogP) is 4.85. The fourth-order valence-electron chi connectivity index (χ4n) is 2.41. The molecule has 0 heterocycles. The molecule has 0 aliphatic heterocycles. The zero-order valence-electron chi connectivity index (χ0n) is 10.2. The molecule has 0 amide bonds. The van der Waals surface area contributed by atoms with Crippen LogP contribution in [0.25, 0.3) is 11.1 Å². The highest BCUT2D eigenvalue weighted by Gasteiger charge is 2.23. The molecule has 0 aromatic heterocycles. The van der Waals surface area contributed by atoms with E-state index in [9.17, 15) is 0 Å². The number of benzene rings is 2. The predicted molar refractivity (Wildman–Crippen MR) is 70.7 cm³/mol. The monoisotopic (exact) mass is 210 g/mol. The molecule has 0 radical (unpaired) electrons. The van der Waals surface area contributed by atoms with Crippen LogP contribution in [-0.2, 0) is 0 Å². The smallest absolute Gasteiger partial charge is 0.00733 e. The van der Waals surface area contributed by atoms with E-state index in [1.807, 2.05) is 13.8 Å². The van der Waals surface area contributed by atoms with Gasteiger partial charge in [-0.05, 0) is 22.3 Å². The van der Waals surface area contributed by atoms with Crippen molar-refractivity contribution in [3.8, 4) is 11.1 Å². The van der Waals surface area contributed by atoms with Gasteiger partial charge in [0.25, 0.3) is 0 Å². The number of fused-ring (bicyclic) bond motifs is 3. The standard InChI is InChI=1S/C14H12.C2H6/c1-10-11-6-2-4-8-13(11)14-9-5-3-7-12(10)14;1-2/h2-10H,1H3;1-2H3. The van der Waals surface area contributed by atoms with Crippen LogP contribution in [0.15, 0.2) is 48.5 Å². The molecule has 0 atom stereocenters. The maximum Gasteiger partial charge on any atom is 0.00733 e. The normalized spacial score (nSPS) is 12.4. The Morgan fingerprint density at radius 3 is 1.50 bits per heavy atom. The van der Waals surface area contributed by atoms with Gasteiger partial charge in [0.2, 0.25) is 0 Å². The van der Waals surface area contributed by atoms with Gasteiger partial charge in [-0.3, -0.25) is 0 Å². The van der Waals surface area contributed by atoms with Gasteiger partial charge in [0.15, 0.2) is 0 Å². The molecule has 0 heteroatoms. The van der Waals surface area contributed by atoms with Crippen molar-refractivity contribution >= 4 is 0 Å². The van der Waals surface area contributed by atoms with Gasteiger partial charge in [-0.25, -0.2) is 0 Å². The lowest BCUT2D eigenvalue weighted by Crippen LogP contribution is -1.87. The molecular formula is C16H18. The van der Waals surface area contributed by atoms with E-state index >= 15 is 0 Å². The van der Waals surface area contributed by atoms with E-state index in [0.29, 0.717) is 5.92 Å². The molecule has 1 aliphatic rings. The summed E-state index contributed by atoms with van der Waals surface area (Å²) in [5, 5.41) is 0. The topological polar surface area (TPSA) is 0 Å². The van der Waals surface area contributed by atoms with Gasteiger partial charge >= 0.3 is 0 Å². The Labute approximate surface area is 97.9 Å². The second-order valence-corrected chi connectivity index (χ2v) is 3.90. The fourth-order valence-corrected chi connectivity index (χ4v) is 2.41. The van der Waals surface area contributed by atoms with Crippen molar-refractivity contribution in [3.05, 3.63) is 59.7 Å². The Morgan fingerprint density at radius 1 is 0.688 bits per heavy atom. The molecule has 0 spiro atoms. The molecule has 0 fully saturated rings. The van der Waals surface area contributed by atoms with Crippen LogP contribution in [0.2, 0.25) is 0 Å². The zero-order valence-corrected chi connectivity index (χ0v) is 10.2. The Hall–Kier alpha value is -1.56. The molecule has 3 rings (SSSR count). The van der Waals surface area contributed by atoms with Crippen LogP contribution in [0.5, 0.6) is 0 Å². The van der Waals surface area contributed by atoms with Crippen molar-refractivity contribution in [3.63, 3.8) is 0 Å². The summed E-state index contributed by atoms with van der Waals surface area (Å²) in [5.41, 5.74) is 5.76. The minimum Gasteiger partial charge on any atom is -0.0683 e. The van der Waals surface area contributed by atoms with E-state index in [0.717, 1.165) is 0 Å². The van der Waals surface area contributed by atoms with E-state index in [-0.39, 0.29) is 0 Å². The molecule has 0 saturated heterocycles. The molecule has 2 aromatic rings. The highest BCUT2D eigenvalue weighted by Crippen LogP contribution is 2.43. The molecule has 0 saturated carbocycles. The van der Waals surface area contributed by atoms with Gasteiger partial charge in [-0.15, -0.1) is 0 Å². The lowest BCUT2D eigenvalue weighted by Gasteiger charge is -2.04. The minimum atomic E-state index is 0.558. The van der Waals surface area contributed by atoms with Crippen molar-refractivity contribution < 1.29 is 0 Å². The second-order valence-electron chi connectivity index (χ2n) is 3.90. The average molecular weight is 210 g/mol. The van der Waals surface area contributed by atoms with Gasteiger partial charge in [0, 0.05) is 5.92 Å². The zero-order chi connectivity index (χ0) is 11.5. The summed E-state index contributed by atoms with van der Waals surface area (Å²) < 4.78 is 0. The third kappa shape index (κ3) is 1.55. The highest BCUT2D eigenvalue weighted by molar-refractivity contribution is 5.78. The molecule has 0 bridgehead atoms. The van der Waals surface area contributed by atoms with Gasteiger partial charge < -0.3 is 0 Å². The average Bonchev–Trinajstić information content (AvgIpc) is 2.67. The first kappa shape index (κ1) is 10.9. The molecule has 0 unspecified atom stereocenters. The summed E-state index contributed by atoms with van der Waals surface area (Å²) in [6.45, 7) is 6.28. The van der Waals surface area contributed by atoms with Crippen molar-refractivity contribution in [2.45, 2.75) is 26.7 Å². The lowest BCUT2D eigenvalue weighted by atomic mass is 10.00. The van der Waals surface area contributed by atoms with Crippen LogP contribution in [-0.4, -0.2) is 0 Å². The summed E-state index contributed by atoms with van der Waals surface area (Å²) >= 11 is 0. The summed E-state index contributed by atoms with van der Waals surface area (Å²) in [7, 11) is 0. The second kappa shape index (κ2) is 4.52. The molecular weight excluding hydrogens is 192 g/mol. The third-order valence-corrected chi connectivity index (χ3v) is 3.14. The van der Waals surface area contributed by atoms with Crippen LogP contribution in [0.4, 0.5) is 0 Å². The molecule has 0 N–H and O–H groups in total. The summed E-state index contributed by atoms with van der Waals surface area (Å²) in [6.07, 6.45) is 0. The van der Waals surface area contributed by atoms with Gasteiger partial charge in [0.05, 0.1) is 0 Å². The molecule has 2 aromatic carbocycles. The van der Waals surface area contributed by atoms with Crippen molar-refractivity contribution in [1.29, 1.82) is 0 Å². The third-order valence-electron chi connectivity index (χ3n) is 3.14. The molecule has 0 nitrogen and oxygen atoms in total. The highest BCUT2D eigenvalue weighted by atomic mass is 14.3. The summed E-state index contributed by atoms with van der Waals surface area (Å²) in [6, 6.07) is 17.4. The van der Waals surface area contributed by atoms with Gasteiger partial charge in [0.1, 0.15) is 0 Å². The first-order valence-corrected chi connectivity index (χ1v) is 6.06. The van der Waals surface area contributed by atoms with Crippen LogP contribution >= 0.6 is 0 Å². The van der Waals surface area contributed by atoms with Crippen LogP contribution in [0.3, 0.4) is 0 Å². The maximum atomic E-state index is 2.28. The van der Waals surface area contributed by atoms with Gasteiger partial charge in [-0.1, -0.05) is 69.3 Å². The first-order valence-electron chi connectivity index (χ1n) is 6.06. The molecule has 82 valence electrons. The Balaban J connectivity index is 0.000000457. The quantitative estimate of drug-likeness (QED) is 0.583. The summed E-state index contributed by atoms with van der Waals surface area (Å²) in [5.74, 6) is 0.558. The number of hydrogen-bond acceptors (Lipinski definition) is 0. The van der Waals surface area contributed by atoms with E-state index in [1.54, 1.807) is 0 Å². The SMILES string of the molecule is CC.CC1c2ccccc2-c2ccccc21.